The molecule has 2 heterocycles. The lowest BCUT2D eigenvalue weighted by Crippen LogP contribution is -2.16. The summed E-state index contributed by atoms with van der Waals surface area (Å²) in [7, 11) is 4.06. The highest BCUT2D eigenvalue weighted by atomic mass is 32.1. The molecule has 0 radical (unpaired) electrons. The molecule has 0 amide bonds. The van der Waals surface area contributed by atoms with Gasteiger partial charge in [0.05, 0.1) is 6.54 Å². The van der Waals surface area contributed by atoms with Crippen molar-refractivity contribution in [1.29, 1.82) is 0 Å². The number of nitrogens with one attached hydrogen (secondary N) is 1. The summed E-state index contributed by atoms with van der Waals surface area (Å²) in [5.41, 5.74) is 2.19. The average molecular weight is 300 g/mol. The van der Waals surface area contributed by atoms with Crippen LogP contribution in [0.5, 0.6) is 0 Å². The topological polar surface area (TPSA) is 53.9 Å². The number of rotatable bonds is 4. The first-order valence-electron chi connectivity index (χ1n) is 6.60. The molecule has 6 heteroatoms. The van der Waals surface area contributed by atoms with Crippen LogP contribution in [0, 0.1) is 0 Å². The largest absolute Gasteiger partial charge is 0.378 e. The lowest BCUT2D eigenvalue weighted by atomic mass is 10.1. The predicted octanol–water partition coefficient (Wildman–Crippen LogP) is 2.41. The molecule has 5 nitrogen and oxygen atoms in total. The number of thiophene rings is 1. The minimum atomic E-state index is -0.181. The molecule has 3 rings (SSSR count). The highest BCUT2D eigenvalue weighted by Gasteiger charge is 2.06. The van der Waals surface area contributed by atoms with Crippen LogP contribution in [0.3, 0.4) is 0 Å². The Morgan fingerprint density at radius 2 is 2.14 bits per heavy atom. The van der Waals surface area contributed by atoms with Crippen molar-refractivity contribution in [2.24, 2.45) is 0 Å². The van der Waals surface area contributed by atoms with Crippen LogP contribution in [-0.4, -0.2) is 28.9 Å². The zero-order chi connectivity index (χ0) is 14.8. The summed E-state index contributed by atoms with van der Waals surface area (Å²) in [5.74, 6) is 0. The molecule has 0 fully saturated rings. The van der Waals surface area contributed by atoms with Gasteiger partial charge in [-0.05, 0) is 29.8 Å². The normalized spacial score (nSPS) is 10.8. The van der Waals surface area contributed by atoms with E-state index in [2.05, 4.69) is 51.5 Å². The zero-order valence-electron chi connectivity index (χ0n) is 11.9. The van der Waals surface area contributed by atoms with Gasteiger partial charge in [-0.25, -0.2) is 9.89 Å². The molecule has 0 spiro atoms. The fraction of sp³-hybridized carbons (Fsp3) is 0.200. The van der Waals surface area contributed by atoms with E-state index in [0.717, 1.165) is 4.88 Å². The second-order valence-electron chi connectivity index (χ2n) is 5.00. The summed E-state index contributed by atoms with van der Waals surface area (Å²) in [6.07, 6.45) is 1.52. The van der Waals surface area contributed by atoms with Gasteiger partial charge < -0.3 is 4.90 Å². The Morgan fingerprint density at radius 1 is 1.29 bits per heavy atom. The summed E-state index contributed by atoms with van der Waals surface area (Å²) in [6.45, 7) is 0.549. The Hall–Kier alpha value is -2.34. The van der Waals surface area contributed by atoms with Gasteiger partial charge in [-0.2, -0.15) is 5.10 Å². The fourth-order valence-corrected chi connectivity index (χ4v) is 3.11. The summed E-state index contributed by atoms with van der Waals surface area (Å²) in [5, 5.41) is 6.14. The molecular formula is C15H16N4OS. The summed E-state index contributed by atoms with van der Waals surface area (Å²) >= 11 is 1.69. The third kappa shape index (κ3) is 2.90. The smallest absolute Gasteiger partial charge is 0.343 e. The van der Waals surface area contributed by atoms with Gasteiger partial charge in [-0.15, -0.1) is 11.3 Å². The van der Waals surface area contributed by atoms with Crippen LogP contribution in [0.25, 0.3) is 10.4 Å². The van der Waals surface area contributed by atoms with Crippen LogP contribution in [0.2, 0.25) is 0 Å². The Balaban J connectivity index is 1.86. The van der Waals surface area contributed by atoms with Crippen molar-refractivity contribution < 1.29 is 0 Å². The molecule has 0 atom stereocenters. The van der Waals surface area contributed by atoms with Crippen molar-refractivity contribution in [2.75, 3.05) is 19.0 Å². The second kappa shape index (κ2) is 5.57. The number of aromatic nitrogens is 3. The van der Waals surface area contributed by atoms with E-state index in [4.69, 9.17) is 0 Å². The van der Waals surface area contributed by atoms with Gasteiger partial charge in [-0.3, -0.25) is 4.57 Å². The summed E-state index contributed by atoms with van der Waals surface area (Å²) in [4.78, 5) is 15.9. The molecule has 0 aliphatic carbocycles. The van der Waals surface area contributed by atoms with Crippen LogP contribution in [0.4, 0.5) is 5.69 Å². The molecule has 0 saturated carbocycles. The Morgan fingerprint density at radius 3 is 2.86 bits per heavy atom. The molecule has 3 aromatic rings. The molecule has 108 valence electrons. The molecular weight excluding hydrogens is 284 g/mol. The van der Waals surface area contributed by atoms with E-state index in [0.29, 0.717) is 6.54 Å². The van der Waals surface area contributed by atoms with Crippen molar-refractivity contribution in [1.82, 2.24) is 14.8 Å². The van der Waals surface area contributed by atoms with Gasteiger partial charge in [-0.1, -0.05) is 12.1 Å². The quantitative estimate of drug-likeness (QED) is 0.805. The Bertz CT molecular complexity index is 800. The first-order chi connectivity index (χ1) is 10.1. The number of H-pyrrole nitrogens is 1. The first-order valence-corrected chi connectivity index (χ1v) is 7.41. The molecule has 0 saturated heterocycles. The summed E-state index contributed by atoms with van der Waals surface area (Å²) < 4.78 is 1.56. The lowest BCUT2D eigenvalue weighted by molar-refractivity contribution is 0.772. The van der Waals surface area contributed by atoms with Crippen molar-refractivity contribution >= 4 is 17.0 Å². The van der Waals surface area contributed by atoms with E-state index < -0.39 is 0 Å². The van der Waals surface area contributed by atoms with E-state index in [1.807, 2.05) is 14.1 Å². The van der Waals surface area contributed by atoms with Crippen LogP contribution in [-0.2, 0) is 6.54 Å². The molecule has 21 heavy (non-hydrogen) atoms. The maximum atomic E-state index is 11.5. The van der Waals surface area contributed by atoms with Crippen molar-refractivity contribution in [3.63, 3.8) is 0 Å². The Kier molecular flexibility index (Phi) is 3.62. The van der Waals surface area contributed by atoms with Crippen LogP contribution in [0.1, 0.15) is 4.88 Å². The first kappa shape index (κ1) is 13.6. The molecule has 0 unspecified atom stereocenters. The SMILES string of the molecule is CN(C)c1cccc(-c2ccc(Cn3cn[nH]c3=O)s2)c1. The van der Waals surface area contributed by atoms with Gasteiger partial charge in [0.1, 0.15) is 6.33 Å². The number of anilines is 1. The molecule has 2 aromatic heterocycles. The van der Waals surface area contributed by atoms with Gasteiger partial charge in [0.2, 0.25) is 0 Å². The van der Waals surface area contributed by atoms with Gasteiger partial charge in [0, 0.05) is 29.5 Å². The lowest BCUT2D eigenvalue weighted by Gasteiger charge is -2.12. The minimum absolute atomic E-state index is 0.181. The van der Waals surface area contributed by atoms with Crippen molar-refractivity contribution in [3.8, 4) is 10.4 Å². The summed E-state index contributed by atoms with van der Waals surface area (Å²) in [6, 6.07) is 12.6. The third-order valence-electron chi connectivity index (χ3n) is 3.25. The number of hydrogen-bond acceptors (Lipinski definition) is 4. The van der Waals surface area contributed by atoms with Crippen LogP contribution >= 0.6 is 11.3 Å². The van der Waals surface area contributed by atoms with Crippen LogP contribution in [0.15, 0.2) is 47.5 Å². The van der Waals surface area contributed by atoms with Gasteiger partial charge >= 0.3 is 5.69 Å². The zero-order valence-corrected chi connectivity index (χ0v) is 12.7. The second-order valence-corrected chi connectivity index (χ2v) is 6.17. The van der Waals surface area contributed by atoms with Gasteiger partial charge in [0.15, 0.2) is 0 Å². The highest BCUT2D eigenvalue weighted by molar-refractivity contribution is 7.15. The number of aromatic amines is 1. The Labute approximate surface area is 126 Å². The maximum absolute atomic E-state index is 11.5. The van der Waals surface area contributed by atoms with E-state index in [9.17, 15) is 4.79 Å². The van der Waals surface area contributed by atoms with E-state index in [1.54, 1.807) is 15.9 Å². The van der Waals surface area contributed by atoms with Crippen molar-refractivity contribution in [3.05, 3.63) is 58.1 Å². The molecule has 0 aliphatic rings. The molecule has 1 aromatic carbocycles. The molecule has 0 bridgehead atoms. The number of nitrogens with zero attached hydrogens (tertiary/aromatic N) is 3. The maximum Gasteiger partial charge on any atom is 0.343 e. The van der Waals surface area contributed by atoms with E-state index >= 15 is 0 Å². The van der Waals surface area contributed by atoms with Crippen LogP contribution < -0.4 is 10.6 Å². The van der Waals surface area contributed by atoms with Crippen molar-refractivity contribution in [2.45, 2.75) is 6.54 Å². The predicted molar refractivity (Wildman–Crippen MR) is 86.0 cm³/mol. The third-order valence-corrected chi connectivity index (χ3v) is 4.37. The fourth-order valence-electron chi connectivity index (χ4n) is 2.11. The number of benzene rings is 1. The number of hydrogen-bond donors (Lipinski definition) is 1. The van der Waals surface area contributed by atoms with E-state index in [1.165, 1.54) is 22.5 Å². The average Bonchev–Trinajstić information content (AvgIpc) is 3.10. The minimum Gasteiger partial charge on any atom is -0.378 e. The van der Waals surface area contributed by atoms with E-state index in [-0.39, 0.29) is 5.69 Å². The molecule has 0 aliphatic heterocycles. The van der Waals surface area contributed by atoms with Gasteiger partial charge in [0.25, 0.3) is 0 Å². The standard InChI is InChI=1S/C15H16N4OS/c1-18(2)12-5-3-4-11(8-12)14-7-6-13(21-14)9-19-10-16-17-15(19)20/h3-8,10H,9H2,1-2H3,(H,17,20). The molecule has 1 N–H and O–H groups in total. The highest BCUT2D eigenvalue weighted by Crippen LogP contribution is 2.30. The monoisotopic (exact) mass is 300 g/mol.